The highest BCUT2D eigenvalue weighted by Crippen LogP contribution is 2.32. The number of amides is 1. The lowest BCUT2D eigenvalue weighted by Crippen LogP contribution is -2.14. The second-order valence-electron chi connectivity index (χ2n) is 6.80. The van der Waals surface area contributed by atoms with Gasteiger partial charge in [-0.25, -0.2) is 0 Å². The zero-order chi connectivity index (χ0) is 21.8. The number of carbonyl (C=O) groups excluding carboxylic acids is 1. The molecule has 0 aliphatic carbocycles. The minimum atomic E-state index is -0.120. The SMILES string of the molecule is Cc1ccc(-n2c(SCC(=O)Nc3ccc(Br)cc3)nnc2-c2ccccc2Cl)cc1. The molecule has 0 saturated heterocycles. The molecule has 8 heteroatoms. The van der Waals surface area contributed by atoms with Crippen molar-refractivity contribution in [1.29, 1.82) is 0 Å². The van der Waals surface area contributed by atoms with Gasteiger partial charge in [-0.2, -0.15) is 0 Å². The normalized spacial score (nSPS) is 10.8. The van der Waals surface area contributed by atoms with E-state index in [1.54, 1.807) is 0 Å². The largest absolute Gasteiger partial charge is 0.325 e. The Morgan fingerprint density at radius 2 is 1.74 bits per heavy atom. The Morgan fingerprint density at radius 1 is 1.03 bits per heavy atom. The van der Waals surface area contributed by atoms with E-state index in [0.29, 0.717) is 16.0 Å². The van der Waals surface area contributed by atoms with Crippen LogP contribution in [0.4, 0.5) is 5.69 Å². The Labute approximate surface area is 198 Å². The van der Waals surface area contributed by atoms with E-state index < -0.39 is 0 Å². The van der Waals surface area contributed by atoms with E-state index in [-0.39, 0.29) is 11.7 Å². The second-order valence-corrected chi connectivity index (χ2v) is 9.07. The van der Waals surface area contributed by atoms with Crippen molar-refractivity contribution in [2.24, 2.45) is 0 Å². The molecular weight excluding hydrogens is 496 g/mol. The van der Waals surface area contributed by atoms with Crippen molar-refractivity contribution in [2.75, 3.05) is 11.1 Å². The fourth-order valence-corrected chi connectivity index (χ4v) is 4.20. The highest BCUT2D eigenvalue weighted by atomic mass is 79.9. The summed E-state index contributed by atoms with van der Waals surface area (Å²) in [5.74, 6) is 0.707. The van der Waals surface area contributed by atoms with Gasteiger partial charge in [-0.05, 0) is 55.5 Å². The van der Waals surface area contributed by atoms with Crippen LogP contribution in [-0.2, 0) is 4.79 Å². The van der Waals surface area contributed by atoms with Gasteiger partial charge in [0.2, 0.25) is 5.91 Å². The molecule has 0 radical (unpaired) electrons. The number of nitrogens with one attached hydrogen (secondary N) is 1. The summed E-state index contributed by atoms with van der Waals surface area (Å²) < 4.78 is 2.89. The molecule has 156 valence electrons. The molecule has 1 amide bonds. The Bertz CT molecular complexity index is 1210. The van der Waals surface area contributed by atoms with Crippen molar-refractivity contribution in [3.8, 4) is 17.1 Å². The van der Waals surface area contributed by atoms with Gasteiger partial charge in [0.05, 0.1) is 10.8 Å². The first-order valence-corrected chi connectivity index (χ1v) is 11.6. The van der Waals surface area contributed by atoms with Gasteiger partial charge >= 0.3 is 0 Å². The van der Waals surface area contributed by atoms with E-state index in [1.807, 2.05) is 84.3 Å². The van der Waals surface area contributed by atoms with Gasteiger partial charge in [0, 0.05) is 21.4 Å². The number of nitrogens with zero attached hydrogens (tertiary/aromatic N) is 3. The third kappa shape index (κ3) is 5.18. The van der Waals surface area contributed by atoms with Gasteiger partial charge in [0.25, 0.3) is 0 Å². The van der Waals surface area contributed by atoms with Crippen molar-refractivity contribution < 1.29 is 4.79 Å². The number of thioether (sulfide) groups is 1. The lowest BCUT2D eigenvalue weighted by atomic mass is 10.2. The van der Waals surface area contributed by atoms with Gasteiger partial charge < -0.3 is 5.32 Å². The molecule has 1 N–H and O–H groups in total. The first-order valence-electron chi connectivity index (χ1n) is 9.47. The monoisotopic (exact) mass is 512 g/mol. The molecule has 1 aromatic heterocycles. The summed E-state index contributed by atoms with van der Waals surface area (Å²) in [7, 11) is 0. The number of halogens is 2. The maximum absolute atomic E-state index is 12.5. The maximum Gasteiger partial charge on any atom is 0.234 e. The molecule has 0 bridgehead atoms. The Kier molecular flexibility index (Phi) is 6.75. The number of anilines is 1. The molecule has 0 fully saturated rings. The molecule has 1 heterocycles. The summed E-state index contributed by atoms with van der Waals surface area (Å²) >= 11 is 11.1. The summed E-state index contributed by atoms with van der Waals surface area (Å²) in [5, 5.41) is 12.8. The fourth-order valence-electron chi connectivity index (χ4n) is 2.97. The molecular formula is C23H18BrClN4OS. The Balaban J connectivity index is 1.61. The quantitative estimate of drug-likeness (QED) is 0.304. The van der Waals surface area contributed by atoms with Gasteiger partial charge in [0.15, 0.2) is 11.0 Å². The van der Waals surface area contributed by atoms with Crippen LogP contribution >= 0.6 is 39.3 Å². The van der Waals surface area contributed by atoms with Crippen LogP contribution in [-0.4, -0.2) is 26.4 Å². The highest BCUT2D eigenvalue weighted by molar-refractivity contribution is 9.10. The Morgan fingerprint density at radius 3 is 2.45 bits per heavy atom. The number of benzene rings is 3. The minimum absolute atomic E-state index is 0.120. The van der Waals surface area contributed by atoms with Crippen LogP contribution in [0.2, 0.25) is 5.02 Å². The molecule has 0 aliphatic heterocycles. The number of aryl methyl sites for hydroxylation is 1. The van der Waals surface area contributed by atoms with E-state index in [1.165, 1.54) is 11.8 Å². The van der Waals surface area contributed by atoms with E-state index in [2.05, 4.69) is 31.4 Å². The molecule has 31 heavy (non-hydrogen) atoms. The summed E-state index contributed by atoms with van der Waals surface area (Å²) in [6.07, 6.45) is 0. The summed E-state index contributed by atoms with van der Waals surface area (Å²) in [5.41, 5.74) is 3.58. The van der Waals surface area contributed by atoms with Crippen LogP contribution in [0, 0.1) is 6.92 Å². The van der Waals surface area contributed by atoms with Crippen LogP contribution in [0.3, 0.4) is 0 Å². The number of carbonyl (C=O) groups is 1. The maximum atomic E-state index is 12.5. The average molecular weight is 514 g/mol. The Hall–Kier alpha value is -2.61. The van der Waals surface area contributed by atoms with Gasteiger partial charge in [-0.15, -0.1) is 10.2 Å². The summed E-state index contributed by atoms with van der Waals surface area (Å²) in [6, 6.07) is 23.0. The molecule has 0 unspecified atom stereocenters. The average Bonchev–Trinajstić information content (AvgIpc) is 3.18. The molecule has 0 aliphatic rings. The number of rotatable bonds is 6. The first-order chi connectivity index (χ1) is 15.0. The van der Waals surface area contributed by atoms with Gasteiger partial charge in [0.1, 0.15) is 0 Å². The summed E-state index contributed by atoms with van der Waals surface area (Å²) in [4.78, 5) is 12.5. The molecule has 0 saturated carbocycles. The van der Waals surface area contributed by atoms with E-state index in [9.17, 15) is 4.79 Å². The van der Waals surface area contributed by atoms with E-state index >= 15 is 0 Å². The predicted molar refractivity (Wildman–Crippen MR) is 130 cm³/mol. The fraction of sp³-hybridized carbons (Fsp3) is 0.0870. The molecule has 4 aromatic rings. The van der Waals surface area contributed by atoms with Gasteiger partial charge in [-0.1, -0.05) is 69.1 Å². The zero-order valence-electron chi connectivity index (χ0n) is 16.5. The summed E-state index contributed by atoms with van der Waals surface area (Å²) in [6.45, 7) is 2.03. The van der Waals surface area contributed by atoms with Gasteiger partial charge in [-0.3, -0.25) is 9.36 Å². The smallest absolute Gasteiger partial charge is 0.234 e. The standard InChI is InChI=1S/C23H18BrClN4OS/c1-15-6-12-18(13-7-15)29-22(19-4-2-3-5-20(19)25)27-28-23(29)31-14-21(30)26-17-10-8-16(24)9-11-17/h2-13H,14H2,1H3,(H,26,30). The van der Waals surface area contributed by atoms with E-state index in [4.69, 9.17) is 11.6 Å². The van der Waals surface area contributed by atoms with Crippen molar-refractivity contribution in [2.45, 2.75) is 12.1 Å². The number of hydrogen-bond donors (Lipinski definition) is 1. The van der Waals surface area contributed by atoms with Crippen LogP contribution in [0.5, 0.6) is 0 Å². The van der Waals surface area contributed by atoms with E-state index in [0.717, 1.165) is 27.0 Å². The second kappa shape index (κ2) is 9.68. The van der Waals surface area contributed by atoms with Crippen molar-refractivity contribution >= 4 is 50.9 Å². The number of hydrogen-bond acceptors (Lipinski definition) is 4. The lowest BCUT2D eigenvalue weighted by Gasteiger charge is -2.11. The van der Waals surface area contributed by atoms with Crippen molar-refractivity contribution in [3.63, 3.8) is 0 Å². The topological polar surface area (TPSA) is 59.8 Å². The molecule has 5 nitrogen and oxygen atoms in total. The molecule has 0 spiro atoms. The van der Waals surface area contributed by atoms with Crippen LogP contribution < -0.4 is 5.32 Å². The zero-order valence-corrected chi connectivity index (χ0v) is 19.7. The number of aromatic nitrogens is 3. The van der Waals surface area contributed by atoms with Crippen molar-refractivity contribution in [3.05, 3.63) is 87.9 Å². The van der Waals surface area contributed by atoms with Crippen LogP contribution in [0.1, 0.15) is 5.56 Å². The third-order valence-electron chi connectivity index (χ3n) is 4.50. The molecule has 4 rings (SSSR count). The first kappa shape index (κ1) is 21.6. The van der Waals surface area contributed by atoms with Crippen molar-refractivity contribution in [1.82, 2.24) is 14.8 Å². The minimum Gasteiger partial charge on any atom is -0.325 e. The predicted octanol–water partition coefficient (Wildman–Crippen LogP) is 6.39. The van der Waals surface area contributed by atoms with Crippen LogP contribution in [0.25, 0.3) is 17.1 Å². The molecule has 3 aromatic carbocycles. The highest BCUT2D eigenvalue weighted by Gasteiger charge is 2.19. The third-order valence-corrected chi connectivity index (χ3v) is 6.29. The lowest BCUT2D eigenvalue weighted by molar-refractivity contribution is -0.113. The molecule has 0 atom stereocenters. The van der Waals surface area contributed by atoms with Crippen LogP contribution in [0.15, 0.2) is 82.4 Å².